The lowest BCUT2D eigenvalue weighted by molar-refractivity contribution is -0.135. The lowest BCUT2D eigenvalue weighted by atomic mass is 10.00. The van der Waals surface area contributed by atoms with E-state index in [0.717, 1.165) is 95.9 Å². The van der Waals surface area contributed by atoms with Crippen LogP contribution >= 0.6 is 0 Å². The van der Waals surface area contributed by atoms with Crippen molar-refractivity contribution in [2.45, 2.75) is 75.5 Å². The van der Waals surface area contributed by atoms with Gasteiger partial charge in [0.15, 0.2) is 5.65 Å². The van der Waals surface area contributed by atoms with Crippen molar-refractivity contribution in [2.75, 3.05) is 27.3 Å². The number of ether oxygens (including phenoxy) is 2. The monoisotopic (exact) mass is 759 g/mol. The molecule has 2 saturated carbocycles. The molecule has 4 fully saturated rings. The fraction of sp³-hybridized carbons (Fsp3) is 0.439. The predicted octanol–water partition coefficient (Wildman–Crippen LogP) is 5.76. The van der Waals surface area contributed by atoms with E-state index in [0.29, 0.717) is 24.6 Å². The van der Waals surface area contributed by atoms with Crippen molar-refractivity contribution in [3.8, 4) is 22.4 Å². The van der Waals surface area contributed by atoms with Crippen LogP contribution in [0.2, 0.25) is 0 Å². The molecule has 3 aromatic heterocycles. The van der Waals surface area contributed by atoms with E-state index in [1.807, 2.05) is 28.3 Å². The number of methoxy groups -OCH3 is 2. The van der Waals surface area contributed by atoms with Crippen LogP contribution in [-0.4, -0.2) is 98.1 Å². The van der Waals surface area contributed by atoms with Crippen LogP contribution < -0.4 is 10.6 Å². The summed E-state index contributed by atoms with van der Waals surface area (Å²) in [4.78, 5) is 76.1. The number of alkyl carbamates (subject to hydrolysis) is 2. The second-order valence-corrected chi connectivity index (χ2v) is 15.5. The zero-order valence-electron chi connectivity index (χ0n) is 31.4. The highest BCUT2D eigenvalue weighted by molar-refractivity contribution is 5.92. The Morgan fingerprint density at radius 1 is 0.679 bits per heavy atom. The van der Waals surface area contributed by atoms with Gasteiger partial charge in [0.05, 0.1) is 43.7 Å². The molecule has 4 amide bonds. The summed E-state index contributed by atoms with van der Waals surface area (Å²) in [6.07, 6.45) is 9.38. The average Bonchev–Trinajstić information content (AvgIpc) is 3.97. The molecule has 2 aliphatic heterocycles. The molecule has 9 rings (SSSR count). The van der Waals surface area contributed by atoms with Crippen LogP contribution in [0.3, 0.4) is 0 Å². The zero-order valence-corrected chi connectivity index (χ0v) is 31.4. The van der Waals surface area contributed by atoms with Crippen molar-refractivity contribution in [3.63, 3.8) is 0 Å². The van der Waals surface area contributed by atoms with Crippen LogP contribution in [0.25, 0.3) is 44.3 Å². The van der Waals surface area contributed by atoms with Gasteiger partial charge in [-0.25, -0.2) is 24.5 Å². The maximum atomic E-state index is 13.7. The number of carbonyl (C=O) groups is 4. The molecule has 4 aliphatic rings. The van der Waals surface area contributed by atoms with E-state index >= 15 is 0 Å². The number of carbonyl (C=O) groups excluding carboxylic acids is 4. The first-order valence-electron chi connectivity index (χ1n) is 19.5. The molecule has 290 valence electrons. The number of imidazole rings is 2. The molecular formula is C41H45N9O6. The lowest BCUT2D eigenvalue weighted by Gasteiger charge is -2.28. The molecule has 0 unspecified atom stereocenters. The molecule has 2 aromatic carbocycles. The Balaban J connectivity index is 0.905. The normalized spacial score (nSPS) is 20.6. The Morgan fingerprint density at radius 2 is 1.25 bits per heavy atom. The molecule has 0 spiro atoms. The first-order chi connectivity index (χ1) is 27.3. The van der Waals surface area contributed by atoms with Gasteiger partial charge in [-0.3, -0.25) is 9.59 Å². The third-order valence-corrected chi connectivity index (χ3v) is 11.8. The highest BCUT2D eigenvalue weighted by Gasteiger charge is 2.44. The molecule has 0 radical (unpaired) electrons. The number of rotatable bonds is 10. The van der Waals surface area contributed by atoms with Gasteiger partial charge in [-0.05, 0) is 97.7 Å². The number of benzene rings is 2. The fourth-order valence-electron chi connectivity index (χ4n) is 8.46. The van der Waals surface area contributed by atoms with Crippen LogP contribution in [0.1, 0.15) is 75.1 Å². The van der Waals surface area contributed by atoms with Crippen molar-refractivity contribution in [1.82, 2.24) is 45.4 Å². The van der Waals surface area contributed by atoms with Crippen molar-refractivity contribution in [3.05, 3.63) is 66.5 Å². The number of aromatic amines is 2. The summed E-state index contributed by atoms with van der Waals surface area (Å²) in [5, 5.41) is 7.65. The third-order valence-electron chi connectivity index (χ3n) is 11.8. The molecule has 15 nitrogen and oxygen atoms in total. The van der Waals surface area contributed by atoms with Crippen molar-refractivity contribution in [1.29, 1.82) is 0 Å². The van der Waals surface area contributed by atoms with Crippen LogP contribution in [0.15, 0.2) is 54.9 Å². The molecule has 5 heterocycles. The largest absolute Gasteiger partial charge is 0.453 e. The number of amides is 4. The van der Waals surface area contributed by atoms with Crippen LogP contribution in [0.5, 0.6) is 0 Å². The molecule has 4 N–H and O–H groups in total. The van der Waals surface area contributed by atoms with E-state index in [1.54, 1.807) is 0 Å². The van der Waals surface area contributed by atoms with Gasteiger partial charge in [0, 0.05) is 30.4 Å². The van der Waals surface area contributed by atoms with Crippen LogP contribution in [-0.2, 0) is 19.1 Å². The summed E-state index contributed by atoms with van der Waals surface area (Å²) < 4.78 is 9.58. The summed E-state index contributed by atoms with van der Waals surface area (Å²) in [6, 6.07) is 13.1. The zero-order chi connectivity index (χ0) is 38.5. The van der Waals surface area contributed by atoms with Gasteiger partial charge in [-0.15, -0.1) is 0 Å². The number of likely N-dealkylation sites (tertiary alicyclic amines) is 2. The molecule has 15 heteroatoms. The first kappa shape index (κ1) is 35.7. The summed E-state index contributed by atoms with van der Waals surface area (Å²) in [5.74, 6) is 1.53. The highest BCUT2D eigenvalue weighted by atomic mass is 16.5. The number of nitrogens with one attached hydrogen (secondary N) is 4. The minimum atomic E-state index is -0.595. The van der Waals surface area contributed by atoms with Gasteiger partial charge in [-0.2, -0.15) is 0 Å². The van der Waals surface area contributed by atoms with Gasteiger partial charge in [0.25, 0.3) is 0 Å². The van der Waals surface area contributed by atoms with Crippen LogP contribution in [0, 0.1) is 11.8 Å². The Labute approximate surface area is 322 Å². The number of hydrogen-bond donors (Lipinski definition) is 4. The molecule has 56 heavy (non-hydrogen) atoms. The Morgan fingerprint density at radius 3 is 1.84 bits per heavy atom. The second kappa shape index (κ2) is 14.6. The van der Waals surface area contributed by atoms with Gasteiger partial charge in [-0.1, -0.05) is 24.3 Å². The molecule has 0 bridgehead atoms. The Bertz CT molecular complexity index is 2330. The van der Waals surface area contributed by atoms with E-state index in [4.69, 9.17) is 19.4 Å². The molecular weight excluding hydrogens is 715 g/mol. The van der Waals surface area contributed by atoms with Gasteiger partial charge >= 0.3 is 12.2 Å². The predicted molar refractivity (Wildman–Crippen MR) is 206 cm³/mol. The van der Waals surface area contributed by atoms with E-state index in [9.17, 15) is 19.2 Å². The van der Waals surface area contributed by atoms with Gasteiger partial charge < -0.3 is 39.9 Å². The summed E-state index contributed by atoms with van der Waals surface area (Å²) >= 11 is 0. The van der Waals surface area contributed by atoms with E-state index < -0.39 is 24.3 Å². The molecule has 5 aromatic rings. The van der Waals surface area contributed by atoms with Gasteiger partial charge in [0.1, 0.15) is 23.7 Å². The lowest BCUT2D eigenvalue weighted by Crippen LogP contribution is -2.49. The van der Waals surface area contributed by atoms with Crippen LogP contribution in [0.4, 0.5) is 9.59 Å². The molecule has 4 atom stereocenters. The maximum absolute atomic E-state index is 13.7. The number of aromatic nitrogens is 5. The standard InChI is InChI=1S/C41H45N9O6/c1-55-40(53)46-33(22-7-8-22)38(51)49-15-3-5-31(49)36-43-21-30(45-36)27-14-13-24-17-26(12-11-25(24)18-27)28-19-29-35(42-20-28)48-37(44-29)32-6-4-16-50(32)39(52)34(23-9-10-23)47-41(54)56-2/h11-14,17-23,31-34H,3-10,15-16H2,1-2H3,(H,43,45)(H,46,53)(H,47,54)(H,42,44,48)/t31-,32-,33-,34-/m0/s1. The SMILES string of the molecule is COC(=O)N[C@H](C(=O)N1CCC[C@H]1c1ncc(-c2ccc3cc(-c4cnc5nc([C@@H]6CCCN6C(=O)[C@@H](NC(=O)OC)C6CC6)[nH]c5c4)ccc3c2)[nH]1)C1CC1. The van der Waals surface area contributed by atoms with E-state index in [2.05, 4.69) is 62.0 Å². The minimum absolute atomic E-state index is 0.0807. The summed E-state index contributed by atoms with van der Waals surface area (Å²) in [6.45, 7) is 1.22. The minimum Gasteiger partial charge on any atom is -0.453 e. The number of H-pyrrole nitrogens is 2. The van der Waals surface area contributed by atoms with Crippen molar-refractivity contribution >= 4 is 45.9 Å². The second-order valence-electron chi connectivity index (χ2n) is 15.5. The average molecular weight is 760 g/mol. The number of pyridine rings is 1. The molecule has 2 aliphatic carbocycles. The Kier molecular flexibility index (Phi) is 9.30. The van der Waals surface area contributed by atoms with Gasteiger partial charge in [0.2, 0.25) is 11.8 Å². The Hall–Kier alpha value is -5.99. The smallest absolute Gasteiger partial charge is 0.407 e. The summed E-state index contributed by atoms with van der Waals surface area (Å²) in [7, 11) is 2.62. The van der Waals surface area contributed by atoms with E-state index in [1.165, 1.54) is 14.2 Å². The maximum Gasteiger partial charge on any atom is 0.407 e. The van der Waals surface area contributed by atoms with Crippen molar-refractivity contribution in [2.24, 2.45) is 11.8 Å². The fourth-order valence-corrected chi connectivity index (χ4v) is 8.46. The first-order valence-corrected chi connectivity index (χ1v) is 19.5. The van der Waals surface area contributed by atoms with Crippen molar-refractivity contribution < 1.29 is 28.7 Å². The van der Waals surface area contributed by atoms with E-state index in [-0.39, 0.29) is 35.7 Å². The topological polar surface area (TPSA) is 188 Å². The quantitative estimate of drug-likeness (QED) is 0.137. The number of nitrogens with zero attached hydrogens (tertiary/aromatic N) is 5. The number of fused-ring (bicyclic) bond motifs is 2. The number of hydrogen-bond acceptors (Lipinski definition) is 9. The third kappa shape index (κ3) is 6.90. The summed E-state index contributed by atoms with van der Waals surface area (Å²) in [5.41, 5.74) is 5.18. The highest BCUT2D eigenvalue weighted by Crippen LogP contribution is 2.39. The molecule has 2 saturated heterocycles.